The highest BCUT2D eigenvalue weighted by molar-refractivity contribution is 6.14. The molecule has 0 spiro atoms. The Kier molecular flexibility index (Phi) is 1.69. The molecule has 3 heteroatoms. The van der Waals surface area contributed by atoms with Gasteiger partial charge in [0, 0.05) is 23.8 Å². The molecule has 0 saturated carbocycles. The molecule has 0 aromatic heterocycles. The molecule has 18 heavy (non-hydrogen) atoms. The molecule has 0 unspecified atom stereocenters. The van der Waals surface area contributed by atoms with Crippen LogP contribution in [0.4, 0.5) is 5.69 Å². The average Bonchev–Trinajstić information content (AvgIpc) is 2.78. The zero-order valence-electron chi connectivity index (χ0n) is 9.68. The van der Waals surface area contributed by atoms with Crippen LogP contribution in [0, 0.1) is 0 Å². The first-order valence-electron chi connectivity index (χ1n) is 6.04. The summed E-state index contributed by atoms with van der Waals surface area (Å²) in [5.41, 5.74) is 2.48. The van der Waals surface area contributed by atoms with Crippen molar-refractivity contribution in [1.82, 2.24) is 0 Å². The van der Waals surface area contributed by atoms with Crippen molar-refractivity contribution in [2.24, 2.45) is 0 Å². The Morgan fingerprint density at radius 3 is 2.67 bits per heavy atom. The molecule has 3 nitrogen and oxygen atoms in total. The number of aliphatic hydroxyl groups is 1. The van der Waals surface area contributed by atoms with Crippen LogP contribution in [0.5, 0.6) is 0 Å². The number of anilines is 1. The molecular weight excluding hydrogens is 226 g/mol. The van der Waals surface area contributed by atoms with Gasteiger partial charge in [-0.05, 0) is 11.5 Å². The molecule has 0 radical (unpaired) electrons. The van der Waals surface area contributed by atoms with E-state index < -0.39 is 0 Å². The number of carbonyl (C=O) groups is 1. The Balaban J connectivity index is 2.19. The van der Waals surface area contributed by atoms with E-state index in [9.17, 15) is 9.90 Å². The Bertz CT molecular complexity index is 725. The van der Waals surface area contributed by atoms with Crippen LogP contribution in [-0.2, 0) is 4.79 Å². The van der Waals surface area contributed by atoms with E-state index in [2.05, 4.69) is 0 Å². The first kappa shape index (κ1) is 9.71. The molecule has 2 heterocycles. The van der Waals surface area contributed by atoms with E-state index in [4.69, 9.17) is 0 Å². The van der Waals surface area contributed by atoms with E-state index in [1.807, 2.05) is 36.4 Å². The van der Waals surface area contributed by atoms with Crippen molar-refractivity contribution in [3.8, 4) is 0 Å². The van der Waals surface area contributed by atoms with E-state index in [0.717, 1.165) is 27.7 Å². The smallest absolute Gasteiger partial charge is 0.231 e. The van der Waals surface area contributed by atoms with Gasteiger partial charge in [0.05, 0.1) is 11.4 Å². The summed E-state index contributed by atoms with van der Waals surface area (Å²) in [6, 6.07) is 11.7. The summed E-state index contributed by atoms with van der Waals surface area (Å²) in [5, 5.41) is 12.4. The summed E-state index contributed by atoms with van der Waals surface area (Å²) in [7, 11) is 0. The second kappa shape index (κ2) is 3.13. The summed E-state index contributed by atoms with van der Waals surface area (Å²) < 4.78 is 0. The van der Waals surface area contributed by atoms with Gasteiger partial charge >= 0.3 is 0 Å². The monoisotopic (exact) mass is 237 g/mol. The van der Waals surface area contributed by atoms with Crippen LogP contribution in [0.25, 0.3) is 16.5 Å². The molecule has 0 atom stereocenters. The lowest BCUT2D eigenvalue weighted by atomic mass is 9.96. The number of carbonyl (C=O) groups excluding carboxylic acids is 1. The van der Waals surface area contributed by atoms with E-state index in [0.29, 0.717) is 12.8 Å². The third-order valence-corrected chi connectivity index (χ3v) is 3.75. The normalized spacial score (nSPS) is 17.6. The standard InChI is InChI=1S/C15H11NO2/c17-13-8-7-12-15(18)10-5-1-3-9-4-2-6-11(14(9)10)16(12)13/h1-6,18H,7-8H2. The highest BCUT2D eigenvalue weighted by Gasteiger charge is 2.35. The largest absolute Gasteiger partial charge is 0.505 e. The van der Waals surface area contributed by atoms with Gasteiger partial charge < -0.3 is 5.11 Å². The minimum absolute atomic E-state index is 0.0681. The molecule has 1 amide bonds. The van der Waals surface area contributed by atoms with Gasteiger partial charge in [-0.1, -0.05) is 30.3 Å². The Labute approximate surface area is 104 Å². The predicted molar refractivity (Wildman–Crippen MR) is 70.2 cm³/mol. The molecule has 1 saturated heterocycles. The average molecular weight is 237 g/mol. The van der Waals surface area contributed by atoms with Gasteiger partial charge in [-0.3, -0.25) is 9.69 Å². The number of aliphatic hydroxyl groups excluding tert-OH is 1. The van der Waals surface area contributed by atoms with Gasteiger partial charge in [-0.25, -0.2) is 0 Å². The van der Waals surface area contributed by atoms with Crippen molar-refractivity contribution in [3.63, 3.8) is 0 Å². The molecule has 1 N–H and O–H groups in total. The van der Waals surface area contributed by atoms with Crippen molar-refractivity contribution < 1.29 is 9.90 Å². The molecule has 2 aromatic rings. The summed E-state index contributed by atoms with van der Waals surface area (Å²) in [6.07, 6.45) is 1.10. The summed E-state index contributed by atoms with van der Waals surface area (Å²) in [6.45, 7) is 0. The molecule has 2 aliphatic heterocycles. The third kappa shape index (κ3) is 1.02. The fourth-order valence-corrected chi connectivity index (χ4v) is 2.96. The number of allylic oxidation sites excluding steroid dienone is 1. The van der Waals surface area contributed by atoms with E-state index in [1.165, 1.54) is 0 Å². The van der Waals surface area contributed by atoms with E-state index in [1.54, 1.807) is 4.90 Å². The fourth-order valence-electron chi connectivity index (χ4n) is 2.96. The number of rotatable bonds is 0. The molecule has 0 bridgehead atoms. The van der Waals surface area contributed by atoms with Gasteiger partial charge in [-0.15, -0.1) is 0 Å². The zero-order chi connectivity index (χ0) is 12.3. The number of fused-ring (bicyclic) bond motifs is 2. The van der Waals surface area contributed by atoms with Crippen molar-refractivity contribution in [2.75, 3.05) is 4.90 Å². The molecule has 2 aromatic carbocycles. The summed E-state index contributed by atoms with van der Waals surface area (Å²) in [4.78, 5) is 13.7. The molecule has 2 aliphatic rings. The van der Waals surface area contributed by atoms with Gasteiger partial charge in [0.15, 0.2) is 0 Å². The van der Waals surface area contributed by atoms with Crippen LogP contribution in [0.15, 0.2) is 42.1 Å². The predicted octanol–water partition coefficient (Wildman–Crippen LogP) is 3.21. The van der Waals surface area contributed by atoms with Crippen LogP contribution >= 0.6 is 0 Å². The zero-order valence-corrected chi connectivity index (χ0v) is 9.68. The Morgan fingerprint density at radius 1 is 1.06 bits per heavy atom. The van der Waals surface area contributed by atoms with Gasteiger partial charge in [0.1, 0.15) is 5.76 Å². The topological polar surface area (TPSA) is 40.5 Å². The van der Waals surface area contributed by atoms with Crippen molar-refractivity contribution in [1.29, 1.82) is 0 Å². The number of amides is 1. The molecular formula is C15H11NO2. The molecule has 0 aliphatic carbocycles. The quantitative estimate of drug-likeness (QED) is 0.764. The summed E-state index contributed by atoms with van der Waals surface area (Å²) >= 11 is 0. The SMILES string of the molecule is O=C1CCC2=C(O)c3cccc4cccc(c34)N12. The number of nitrogens with zero attached hydrogens (tertiary/aromatic N) is 1. The lowest BCUT2D eigenvalue weighted by Crippen LogP contribution is -2.25. The lowest BCUT2D eigenvalue weighted by molar-refractivity contribution is -0.116. The second-order valence-electron chi connectivity index (χ2n) is 4.71. The minimum atomic E-state index is 0.0681. The Morgan fingerprint density at radius 2 is 1.83 bits per heavy atom. The van der Waals surface area contributed by atoms with Crippen molar-refractivity contribution >= 4 is 28.1 Å². The van der Waals surface area contributed by atoms with Crippen LogP contribution in [0.3, 0.4) is 0 Å². The first-order valence-corrected chi connectivity index (χ1v) is 6.04. The van der Waals surface area contributed by atoms with Gasteiger partial charge in [-0.2, -0.15) is 0 Å². The number of hydrogen-bond acceptors (Lipinski definition) is 2. The minimum Gasteiger partial charge on any atom is -0.505 e. The maximum Gasteiger partial charge on any atom is 0.231 e. The van der Waals surface area contributed by atoms with Crippen molar-refractivity contribution in [2.45, 2.75) is 12.8 Å². The summed E-state index contributed by atoms with van der Waals surface area (Å²) in [5.74, 6) is 0.323. The third-order valence-electron chi connectivity index (χ3n) is 3.75. The lowest BCUT2D eigenvalue weighted by Gasteiger charge is -2.27. The van der Waals surface area contributed by atoms with E-state index >= 15 is 0 Å². The van der Waals surface area contributed by atoms with Crippen molar-refractivity contribution in [3.05, 3.63) is 47.7 Å². The van der Waals surface area contributed by atoms with Crippen LogP contribution in [0.2, 0.25) is 0 Å². The number of hydrogen-bond donors (Lipinski definition) is 1. The molecule has 4 rings (SSSR count). The fraction of sp³-hybridized carbons (Fsp3) is 0.133. The first-order chi connectivity index (χ1) is 8.77. The van der Waals surface area contributed by atoms with Crippen LogP contribution in [0.1, 0.15) is 18.4 Å². The van der Waals surface area contributed by atoms with Crippen LogP contribution in [-0.4, -0.2) is 11.0 Å². The number of benzene rings is 2. The van der Waals surface area contributed by atoms with Gasteiger partial charge in [0.2, 0.25) is 5.91 Å². The molecule has 1 fully saturated rings. The second-order valence-corrected chi connectivity index (χ2v) is 4.71. The Hall–Kier alpha value is -2.29. The molecule has 88 valence electrons. The highest BCUT2D eigenvalue weighted by atomic mass is 16.3. The highest BCUT2D eigenvalue weighted by Crippen LogP contribution is 2.44. The maximum absolute atomic E-state index is 12.0. The van der Waals surface area contributed by atoms with Crippen LogP contribution < -0.4 is 4.90 Å². The van der Waals surface area contributed by atoms with Gasteiger partial charge in [0.25, 0.3) is 0 Å². The van der Waals surface area contributed by atoms with E-state index in [-0.39, 0.29) is 11.7 Å². The maximum atomic E-state index is 12.0.